The van der Waals surface area contributed by atoms with E-state index in [0.717, 1.165) is 47.8 Å². The van der Waals surface area contributed by atoms with Gasteiger partial charge < -0.3 is 19.4 Å². The van der Waals surface area contributed by atoms with Crippen LogP contribution in [0.4, 0.5) is 10.5 Å². The Balaban J connectivity index is 1.55. The van der Waals surface area contributed by atoms with Gasteiger partial charge in [0.25, 0.3) is 0 Å². The number of benzene rings is 2. The molecular weight excluding hydrogens is 402 g/mol. The molecule has 1 saturated heterocycles. The van der Waals surface area contributed by atoms with Crippen LogP contribution < -0.4 is 14.4 Å². The van der Waals surface area contributed by atoms with E-state index in [9.17, 15) is 4.79 Å². The standard InChI is InChI=1S/C26H33N3O3/c1-4-5-6-16-32-25-17-21(10-11-24(25)31-3)28-15-13-19(2)29(26(28)30)18-20-8-7-9-23-22(20)12-14-27-23/h7-12,14,17,19,27H,4-6,13,15-16,18H2,1-3H3/t19-/m1/s1. The lowest BCUT2D eigenvalue weighted by Crippen LogP contribution is -2.53. The van der Waals surface area contributed by atoms with Gasteiger partial charge in [0, 0.05) is 48.0 Å². The zero-order chi connectivity index (χ0) is 22.5. The Bertz CT molecular complexity index is 1060. The number of hydrogen-bond donors (Lipinski definition) is 1. The van der Waals surface area contributed by atoms with Crippen molar-refractivity contribution in [3.63, 3.8) is 0 Å². The van der Waals surface area contributed by atoms with Crippen LogP contribution in [0, 0.1) is 0 Å². The number of amides is 2. The number of hydrogen-bond acceptors (Lipinski definition) is 3. The van der Waals surface area contributed by atoms with Crippen LogP contribution in [0.1, 0.15) is 45.1 Å². The van der Waals surface area contributed by atoms with Crippen molar-refractivity contribution in [2.45, 2.75) is 52.1 Å². The lowest BCUT2D eigenvalue weighted by atomic mass is 10.1. The van der Waals surface area contributed by atoms with Crippen molar-refractivity contribution in [3.8, 4) is 11.5 Å². The van der Waals surface area contributed by atoms with Crippen molar-refractivity contribution in [2.75, 3.05) is 25.2 Å². The van der Waals surface area contributed by atoms with Gasteiger partial charge >= 0.3 is 6.03 Å². The Kier molecular flexibility index (Phi) is 6.88. The SMILES string of the molecule is CCCCCOc1cc(N2CC[C@@H](C)N(Cc3cccc4[nH]ccc34)C2=O)ccc1OC. The van der Waals surface area contributed by atoms with Gasteiger partial charge in [0.1, 0.15) is 0 Å². The molecule has 0 radical (unpaired) electrons. The smallest absolute Gasteiger partial charge is 0.325 e. The summed E-state index contributed by atoms with van der Waals surface area (Å²) in [6.45, 7) is 6.22. The van der Waals surface area contributed by atoms with Crippen molar-refractivity contribution < 1.29 is 14.3 Å². The van der Waals surface area contributed by atoms with E-state index in [1.807, 2.05) is 40.3 Å². The summed E-state index contributed by atoms with van der Waals surface area (Å²) in [6.07, 6.45) is 6.14. The summed E-state index contributed by atoms with van der Waals surface area (Å²) in [4.78, 5) is 20.6. The molecule has 0 aliphatic carbocycles. The Morgan fingerprint density at radius 1 is 1.12 bits per heavy atom. The monoisotopic (exact) mass is 435 g/mol. The summed E-state index contributed by atoms with van der Waals surface area (Å²) in [6, 6.07) is 14.2. The fourth-order valence-corrected chi connectivity index (χ4v) is 4.33. The number of H-pyrrole nitrogens is 1. The highest BCUT2D eigenvalue weighted by molar-refractivity contribution is 5.94. The molecular formula is C26H33N3O3. The Labute approximate surface area is 190 Å². The second-order valence-corrected chi connectivity index (χ2v) is 8.45. The fraction of sp³-hybridized carbons (Fsp3) is 0.423. The maximum Gasteiger partial charge on any atom is 0.325 e. The fourth-order valence-electron chi connectivity index (χ4n) is 4.33. The van der Waals surface area contributed by atoms with Crippen LogP contribution in [0.15, 0.2) is 48.7 Å². The summed E-state index contributed by atoms with van der Waals surface area (Å²) in [5.74, 6) is 1.38. The summed E-state index contributed by atoms with van der Waals surface area (Å²) in [5.41, 5.74) is 3.09. The number of nitrogens with zero attached hydrogens (tertiary/aromatic N) is 2. The molecule has 0 spiro atoms. The molecule has 2 aromatic carbocycles. The number of rotatable bonds is 9. The van der Waals surface area contributed by atoms with Crippen LogP contribution >= 0.6 is 0 Å². The van der Waals surface area contributed by atoms with E-state index < -0.39 is 0 Å². The van der Waals surface area contributed by atoms with Gasteiger partial charge in [-0.25, -0.2) is 4.79 Å². The summed E-state index contributed by atoms with van der Waals surface area (Å²) >= 11 is 0. The molecule has 1 atom stereocenters. The molecule has 1 aliphatic rings. The molecule has 170 valence electrons. The average molecular weight is 436 g/mol. The highest BCUT2D eigenvalue weighted by Crippen LogP contribution is 2.34. The molecule has 0 saturated carbocycles. The maximum absolute atomic E-state index is 13.6. The van der Waals surface area contributed by atoms with E-state index in [4.69, 9.17) is 9.47 Å². The first kappa shape index (κ1) is 22.1. The molecule has 0 bridgehead atoms. The third-order valence-corrected chi connectivity index (χ3v) is 6.27. The first-order chi connectivity index (χ1) is 15.6. The summed E-state index contributed by atoms with van der Waals surface area (Å²) in [5, 5.41) is 1.16. The first-order valence-corrected chi connectivity index (χ1v) is 11.6. The minimum Gasteiger partial charge on any atom is -0.493 e. The third-order valence-electron chi connectivity index (χ3n) is 6.27. The van der Waals surface area contributed by atoms with Crippen LogP contribution in [0.25, 0.3) is 10.9 Å². The zero-order valence-electron chi connectivity index (χ0n) is 19.3. The zero-order valence-corrected chi connectivity index (χ0v) is 19.3. The Morgan fingerprint density at radius 2 is 2.00 bits per heavy atom. The number of unbranched alkanes of at least 4 members (excludes halogenated alkanes) is 2. The number of aromatic nitrogens is 1. The van der Waals surface area contributed by atoms with E-state index in [1.165, 1.54) is 0 Å². The third kappa shape index (κ3) is 4.54. The second-order valence-electron chi connectivity index (χ2n) is 8.45. The largest absolute Gasteiger partial charge is 0.493 e. The van der Waals surface area contributed by atoms with Crippen LogP contribution in [0.2, 0.25) is 0 Å². The van der Waals surface area contributed by atoms with Crippen LogP contribution in [0.3, 0.4) is 0 Å². The number of anilines is 1. The number of methoxy groups -OCH3 is 1. The average Bonchev–Trinajstić information content (AvgIpc) is 3.29. The molecule has 3 aromatic rings. The van der Waals surface area contributed by atoms with E-state index >= 15 is 0 Å². The molecule has 1 aliphatic heterocycles. The van der Waals surface area contributed by atoms with Gasteiger partial charge in [0.05, 0.1) is 13.7 Å². The molecule has 2 heterocycles. The first-order valence-electron chi connectivity index (χ1n) is 11.6. The normalized spacial score (nSPS) is 16.6. The highest BCUT2D eigenvalue weighted by Gasteiger charge is 2.32. The predicted molar refractivity (Wildman–Crippen MR) is 129 cm³/mol. The van der Waals surface area contributed by atoms with Crippen molar-refractivity contribution in [3.05, 3.63) is 54.2 Å². The molecule has 6 heteroatoms. The van der Waals surface area contributed by atoms with Gasteiger partial charge in [-0.05, 0) is 49.6 Å². The molecule has 0 unspecified atom stereocenters. The van der Waals surface area contributed by atoms with Gasteiger partial charge in [-0.3, -0.25) is 4.90 Å². The highest BCUT2D eigenvalue weighted by atomic mass is 16.5. The van der Waals surface area contributed by atoms with Crippen molar-refractivity contribution in [2.24, 2.45) is 0 Å². The number of nitrogens with one attached hydrogen (secondary N) is 1. The van der Waals surface area contributed by atoms with E-state index in [0.29, 0.717) is 31.2 Å². The van der Waals surface area contributed by atoms with E-state index in [1.54, 1.807) is 7.11 Å². The lowest BCUT2D eigenvalue weighted by molar-refractivity contribution is 0.166. The Hall–Kier alpha value is -3.15. The van der Waals surface area contributed by atoms with Gasteiger partial charge in [0.15, 0.2) is 11.5 Å². The second kappa shape index (κ2) is 9.98. The summed E-state index contributed by atoms with van der Waals surface area (Å²) < 4.78 is 11.5. The molecule has 4 rings (SSSR count). The van der Waals surface area contributed by atoms with Crippen molar-refractivity contribution in [1.82, 2.24) is 9.88 Å². The number of aromatic amines is 1. The van der Waals surface area contributed by atoms with E-state index in [-0.39, 0.29) is 12.1 Å². The molecule has 1 N–H and O–H groups in total. The van der Waals surface area contributed by atoms with Crippen molar-refractivity contribution in [1.29, 1.82) is 0 Å². The number of ether oxygens (including phenoxy) is 2. The molecule has 32 heavy (non-hydrogen) atoms. The minimum atomic E-state index is 0.0263. The minimum absolute atomic E-state index is 0.0263. The van der Waals surface area contributed by atoms with Crippen molar-refractivity contribution >= 4 is 22.6 Å². The summed E-state index contributed by atoms with van der Waals surface area (Å²) in [7, 11) is 1.64. The molecule has 1 aromatic heterocycles. The number of fused-ring (bicyclic) bond motifs is 1. The predicted octanol–water partition coefficient (Wildman–Crippen LogP) is 5.97. The van der Waals surface area contributed by atoms with Gasteiger partial charge in [-0.1, -0.05) is 31.9 Å². The quantitative estimate of drug-likeness (QED) is 0.422. The van der Waals surface area contributed by atoms with Gasteiger partial charge in [-0.15, -0.1) is 0 Å². The molecule has 1 fully saturated rings. The lowest BCUT2D eigenvalue weighted by Gasteiger charge is -2.40. The molecule has 6 nitrogen and oxygen atoms in total. The van der Waals surface area contributed by atoms with Crippen LogP contribution in [-0.4, -0.2) is 42.2 Å². The number of urea groups is 1. The Morgan fingerprint density at radius 3 is 2.81 bits per heavy atom. The van der Waals surface area contributed by atoms with Crippen LogP contribution in [0.5, 0.6) is 11.5 Å². The van der Waals surface area contributed by atoms with Gasteiger partial charge in [-0.2, -0.15) is 0 Å². The van der Waals surface area contributed by atoms with Gasteiger partial charge in [0.2, 0.25) is 0 Å². The molecule has 2 amide bonds. The van der Waals surface area contributed by atoms with E-state index in [2.05, 4.69) is 37.0 Å². The number of carbonyl (C=O) groups is 1. The van der Waals surface area contributed by atoms with Crippen LogP contribution in [-0.2, 0) is 6.54 Å². The number of carbonyl (C=O) groups excluding carboxylic acids is 1. The topological polar surface area (TPSA) is 57.8 Å². The maximum atomic E-state index is 13.6.